The number of nitrogens with one attached hydrogen (secondary N) is 2. The fourth-order valence-corrected chi connectivity index (χ4v) is 3.88. The minimum atomic E-state index is -0.964. The fraction of sp³-hybridized carbons (Fsp3) is 0.348. The van der Waals surface area contributed by atoms with Gasteiger partial charge < -0.3 is 20.3 Å². The number of carbonyl (C=O) groups is 3. The van der Waals surface area contributed by atoms with Crippen molar-refractivity contribution in [2.75, 3.05) is 13.1 Å². The summed E-state index contributed by atoms with van der Waals surface area (Å²) in [7, 11) is 0. The average Bonchev–Trinajstić information content (AvgIpc) is 2.88. The van der Waals surface area contributed by atoms with E-state index < -0.39 is 5.72 Å². The number of ether oxygens (including phenoxy) is 1. The maximum Gasteiger partial charge on any atom is 0.258 e. The maximum absolute atomic E-state index is 13.0. The number of hydrogen-bond donors (Lipinski definition) is 2. The molecule has 31 heavy (non-hydrogen) atoms. The van der Waals surface area contributed by atoms with E-state index in [9.17, 15) is 18.8 Å². The van der Waals surface area contributed by atoms with E-state index in [1.165, 1.54) is 17.0 Å². The number of carbonyl (C=O) groups excluding carboxylic acids is 3. The molecule has 0 aliphatic carbocycles. The number of likely N-dealkylation sites (tertiary alicyclic amines) is 1. The maximum atomic E-state index is 13.0. The van der Waals surface area contributed by atoms with Crippen LogP contribution < -0.4 is 15.4 Å². The molecule has 1 saturated heterocycles. The molecule has 1 unspecified atom stereocenters. The minimum Gasteiger partial charge on any atom is -0.467 e. The quantitative estimate of drug-likeness (QED) is 0.787. The highest BCUT2D eigenvalue weighted by atomic mass is 19.1. The molecular formula is C23H24FN3O4. The van der Waals surface area contributed by atoms with Crippen LogP contribution in [0, 0.1) is 12.7 Å². The van der Waals surface area contributed by atoms with E-state index in [0.29, 0.717) is 24.2 Å². The van der Waals surface area contributed by atoms with Crippen LogP contribution in [0.4, 0.5) is 4.39 Å². The van der Waals surface area contributed by atoms with Crippen LogP contribution in [0.2, 0.25) is 0 Å². The lowest BCUT2D eigenvalue weighted by molar-refractivity contribution is -0.135. The molecule has 8 heteroatoms. The van der Waals surface area contributed by atoms with Crippen molar-refractivity contribution in [1.82, 2.24) is 15.5 Å². The highest BCUT2D eigenvalue weighted by Gasteiger charge is 2.42. The SMILES string of the molecule is Cc1ccc2c(c1)C(=O)NC1(CCC(=O)N(CC(=O)NCc3ccc(F)cc3)CC1)O2. The molecular weight excluding hydrogens is 401 g/mol. The molecule has 2 heterocycles. The first-order chi connectivity index (χ1) is 14.8. The van der Waals surface area contributed by atoms with E-state index in [0.717, 1.165) is 11.1 Å². The van der Waals surface area contributed by atoms with Gasteiger partial charge in [-0.15, -0.1) is 0 Å². The Morgan fingerprint density at radius 1 is 1.19 bits per heavy atom. The summed E-state index contributed by atoms with van der Waals surface area (Å²) in [6.07, 6.45) is 0.869. The van der Waals surface area contributed by atoms with Crippen LogP contribution in [0.5, 0.6) is 5.75 Å². The van der Waals surface area contributed by atoms with E-state index in [2.05, 4.69) is 10.6 Å². The number of amides is 3. The lowest BCUT2D eigenvalue weighted by Crippen LogP contribution is -2.56. The topological polar surface area (TPSA) is 87.7 Å². The fourth-order valence-electron chi connectivity index (χ4n) is 3.88. The van der Waals surface area contributed by atoms with Gasteiger partial charge in [-0.25, -0.2) is 4.39 Å². The van der Waals surface area contributed by atoms with Crippen molar-refractivity contribution in [3.63, 3.8) is 0 Å². The summed E-state index contributed by atoms with van der Waals surface area (Å²) < 4.78 is 19.1. The number of halogens is 1. The van der Waals surface area contributed by atoms with E-state index in [1.54, 1.807) is 24.3 Å². The van der Waals surface area contributed by atoms with Crippen LogP contribution in [-0.2, 0) is 16.1 Å². The highest BCUT2D eigenvalue weighted by Crippen LogP contribution is 2.34. The molecule has 2 aromatic rings. The molecule has 2 N–H and O–H groups in total. The second-order valence-electron chi connectivity index (χ2n) is 8.02. The zero-order chi connectivity index (χ0) is 22.0. The normalized spacial score (nSPS) is 20.5. The summed E-state index contributed by atoms with van der Waals surface area (Å²) in [6, 6.07) is 11.3. The molecule has 0 radical (unpaired) electrons. The van der Waals surface area contributed by atoms with Crippen LogP contribution in [-0.4, -0.2) is 41.4 Å². The van der Waals surface area contributed by atoms with Crippen LogP contribution in [0.25, 0.3) is 0 Å². The van der Waals surface area contributed by atoms with Gasteiger partial charge in [0.25, 0.3) is 5.91 Å². The van der Waals surface area contributed by atoms with E-state index in [1.807, 2.05) is 13.0 Å². The lowest BCUT2D eigenvalue weighted by atomic mass is 9.99. The average molecular weight is 425 g/mol. The van der Waals surface area contributed by atoms with Gasteiger partial charge in [0.15, 0.2) is 5.72 Å². The number of hydrogen-bond acceptors (Lipinski definition) is 4. The Kier molecular flexibility index (Phi) is 5.63. The van der Waals surface area contributed by atoms with Gasteiger partial charge in [0.05, 0.1) is 12.1 Å². The Hall–Kier alpha value is -3.42. The smallest absolute Gasteiger partial charge is 0.258 e. The molecule has 3 amide bonds. The number of aryl methyl sites for hydroxylation is 1. The zero-order valence-corrected chi connectivity index (χ0v) is 17.2. The molecule has 7 nitrogen and oxygen atoms in total. The van der Waals surface area contributed by atoms with Gasteiger partial charge in [0, 0.05) is 32.4 Å². The second-order valence-corrected chi connectivity index (χ2v) is 8.02. The molecule has 2 aromatic carbocycles. The van der Waals surface area contributed by atoms with Crippen LogP contribution in [0.3, 0.4) is 0 Å². The molecule has 0 saturated carbocycles. The first-order valence-corrected chi connectivity index (χ1v) is 10.2. The van der Waals surface area contributed by atoms with Crippen molar-refractivity contribution in [3.8, 4) is 5.75 Å². The van der Waals surface area contributed by atoms with Crippen molar-refractivity contribution in [3.05, 3.63) is 65.0 Å². The summed E-state index contributed by atoms with van der Waals surface area (Å²) in [6.45, 7) is 2.35. The van der Waals surface area contributed by atoms with Crippen molar-refractivity contribution in [2.45, 2.75) is 38.5 Å². The Balaban J connectivity index is 1.37. The number of nitrogens with zero attached hydrogens (tertiary/aromatic N) is 1. The monoisotopic (exact) mass is 425 g/mol. The third-order valence-corrected chi connectivity index (χ3v) is 5.64. The van der Waals surface area contributed by atoms with Crippen LogP contribution in [0.15, 0.2) is 42.5 Å². The molecule has 162 valence electrons. The van der Waals surface area contributed by atoms with Crippen LogP contribution >= 0.6 is 0 Å². The summed E-state index contributed by atoms with van der Waals surface area (Å²) in [5, 5.41) is 5.68. The highest BCUT2D eigenvalue weighted by molar-refractivity contribution is 5.98. The van der Waals surface area contributed by atoms with E-state index in [-0.39, 0.29) is 49.6 Å². The van der Waals surface area contributed by atoms with Gasteiger partial charge in [0.2, 0.25) is 11.8 Å². The molecule has 4 rings (SSSR count). The molecule has 2 aliphatic rings. The van der Waals surface area contributed by atoms with Gasteiger partial charge in [-0.2, -0.15) is 0 Å². The molecule has 0 bridgehead atoms. The Morgan fingerprint density at radius 3 is 2.74 bits per heavy atom. The van der Waals surface area contributed by atoms with Crippen molar-refractivity contribution >= 4 is 17.7 Å². The first kappa shape index (κ1) is 20.8. The number of rotatable bonds is 4. The van der Waals surface area contributed by atoms with Gasteiger partial charge in [-0.3, -0.25) is 14.4 Å². The van der Waals surface area contributed by atoms with E-state index >= 15 is 0 Å². The summed E-state index contributed by atoms with van der Waals surface area (Å²) in [5.41, 5.74) is 1.25. The zero-order valence-electron chi connectivity index (χ0n) is 17.2. The molecule has 2 aliphatic heterocycles. The minimum absolute atomic E-state index is 0.0835. The Morgan fingerprint density at radius 2 is 1.97 bits per heavy atom. The molecule has 1 fully saturated rings. The molecule has 0 aromatic heterocycles. The number of fused-ring (bicyclic) bond motifs is 1. The molecule has 1 spiro atoms. The van der Waals surface area contributed by atoms with E-state index in [4.69, 9.17) is 4.74 Å². The Labute approximate surface area is 179 Å². The summed E-state index contributed by atoms with van der Waals surface area (Å²) in [4.78, 5) is 39.0. The van der Waals surface area contributed by atoms with Gasteiger partial charge in [-0.1, -0.05) is 23.8 Å². The largest absolute Gasteiger partial charge is 0.467 e. The first-order valence-electron chi connectivity index (χ1n) is 10.2. The van der Waals surface area contributed by atoms with Crippen molar-refractivity contribution in [2.24, 2.45) is 0 Å². The van der Waals surface area contributed by atoms with Gasteiger partial charge >= 0.3 is 0 Å². The standard InChI is InChI=1S/C23H24FN3O4/c1-15-2-7-19-18(12-15)22(30)26-23(31-19)9-8-21(29)27(11-10-23)14-20(28)25-13-16-3-5-17(24)6-4-16/h2-7,12H,8-11,13-14H2,1H3,(H,25,28)(H,26,30). The Bertz CT molecular complexity index is 1020. The third kappa shape index (κ3) is 4.68. The van der Waals surface area contributed by atoms with Crippen molar-refractivity contribution in [1.29, 1.82) is 0 Å². The molecule has 1 atom stereocenters. The van der Waals surface area contributed by atoms with Gasteiger partial charge in [0.1, 0.15) is 11.6 Å². The second kappa shape index (κ2) is 8.37. The predicted octanol–water partition coefficient (Wildman–Crippen LogP) is 2.28. The third-order valence-electron chi connectivity index (χ3n) is 5.64. The van der Waals surface area contributed by atoms with Crippen molar-refractivity contribution < 1.29 is 23.5 Å². The summed E-state index contributed by atoms with van der Waals surface area (Å²) in [5.74, 6) is -0.520. The summed E-state index contributed by atoms with van der Waals surface area (Å²) >= 11 is 0. The predicted molar refractivity (Wildman–Crippen MR) is 111 cm³/mol. The van der Waals surface area contributed by atoms with Crippen LogP contribution in [0.1, 0.15) is 40.7 Å². The number of benzene rings is 2. The van der Waals surface area contributed by atoms with Gasteiger partial charge in [-0.05, 0) is 36.8 Å². The lowest BCUT2D eigenvalue weighted by Gasteiger charge is -2.38.